The summed E-state index contributed by atoms with van der Waals surface area (Å²) < 4.78 is 54.8. The van der Waals surface area contributed by atoms with Crippen LogP contribution in [0, 0.1) is 0 Å². The number of fused-ring (bicyclic) bond motifs is 1. The molecule has 0 bridgehead atoms. The van der Waals surface area contributed by atoms with Crippen LogP contribution in [0.3, 0.4) is 0 Å². The average molecular weight is 420 g/mol. The summed E-state index contributed by atoms with van der Waals surface area (Å²) in [6.07, 6.45) is 0.567. The molecule has 3 N–H and O–H groups in total. The molecule has 140 valence electrons. The fourth-order valence-corrected chi connectivity index (χ4v) is 6.79. The maximum Gasteiger partial charge on any atom is 0.252 e. The Balaban J connectivity index is 0.00000288. The summed E-state index contributed by atoms with van der Waals surface area (Å²) in [5, 5.41) is 8.34. The van der Waals surface area contributed by atoms with E-state index < -0.39 is 20.0 Å². The molecule has 1 aromatic rings. The zero-order chi connectivity index (χ0) is 17.3. The molecule has 0 amide bonds. The lowest BCUT2D eigenvalue weighted by molar-refractivity contribution is 0.185. The van der Waals surface area contributed by atoms with Gasteiger partial charge in [0.25, 0.3) is 10.0 Å². The predicted octanol–water partition coefficient (Wildman–Crippen LogP) is 0.509. The number of ether oxygens (including phenoxy) is 1. The fraction of sp³-hybridized carbons (Fsp3) is 0.667. The largest absolute Gasteiger partial charge is 0.385 e. The molecule has 1 unspecified atom stereocenters. The van der Waals surface area contributed by atoms with E-state index in [-0.39, 0.29) is 33.4 Å². The van der Waals surface area contributed by atoms with Crippen LogP contribution in [-0.4, -0.2) is 54.5 Å². The van der Waals surface area contributed by atoms with Gasteiger partial charge in [-0.3, -0.25) is 0 Å². The van der Waals surface area contributed by atoms with E-state index in [4.69, 9.17) is 9.88 Å². The number of likely N-dealkylation sites (N-methyl/N-ethyl adjacent to an activating group) is 1. The van der Waals surface area contributed by atoms with Crippen molar-refractivity contribution < 1.29 is 21.6 Å². The molecule has 12 heteroatoms. The smallest absolute Gasteiger partial charge is 0.252 e. The molecule has 0 fully saturated rings. The first-order valence-corrected chi connectivity index (χ1v) is 10.9. The van der Waals surface area contributed by atoms with Crippen molar-refractivity contribution in [1.29, 1.82) is 0 Å². The van der Waals surface area contributed by atoms with Gasteiger partial charge in [-0.2, -0.15) is 4.31 Å². The molecule has 0 saturated carbocycles. The summed E-state index contributed by atoms with van der Waals surface area (Å²) in [5.74, 6) is 0. The van der Waals surface area contributed by atoms with E-state index in [1.807, 2.05) is 6.92 Å². The molecule has 2 rings (SSSR count). The highest BCUT2D eigenvalue weighted by Crippen LogP contribution is 2.39. The van der Waals surface area contributed by atoms with Gasteiger partial charge in [-0.1, -0.05) is 6.92 Å². The molecule has 1 aromatic heterocycles. The molecule has 8 nitrogen and oxygen atoms in total. The second-order valence-electron chi connectivity index (χ2n) is 5.17. The van der Waals surface area contributed by atoms with Gasteiger partial charge in [0.15, 0.2) is 0 Å². The Kier molecular flexibility index (Phi) is 7.63. The molecular weight excluding hydrogens is 398 g/mol. The van der Waals surface area contributed by atoms with Crippen molar-refractivity contribution in [3.05, 3.63) is 11.6 Å². The lowest BCUT2D eigenvalue weighted by Gasteiger charge is -2.32. The highest BCUT2D eigenvalue weighted by molar-refractivity contribution is 7.94. The molecule has 1 atom stereocenters. The first kappa shape index (κ1) is 21.8. The van der Waals surface area contributed by atoms with Crippen molar-refractivity contribution in [2.24, 2.45) is 5.14 Å². The normalized spacial score (nSPS) is 20.4. The number of methoxy groups -OCH3 is 1. The number of rotatable bonds is 7. The number of primary sulfonamides is 1. The van der Waals surface area contributed by atoms with E-state index in [1.54, 1.807) is 7.11 Å². The van der Waals surface area contributed by atoms with Crippen molar-refractivity contribution in [2.75, 3.05) is 33.4 Å². The number of nitrogens with zero attached hydrogens (tertiary/aromatic N) is 1. The van der Waals surface area contributed by atoms with Gasteiger partial charge in [-0.25, -0.2) is 22.0 Å². The van der Waals surface area contributed by atoms with E-state index in [1.165, 1.54) is 10.4 Å². The third kappa shape index (κ3) is 4.47. The lowest BCUT2D eigenvalue weighted by Crippen LogP contribution is -2.43. The van der Waals surface area contributed by atoms with Crippen LogP contribution in [0.25, 0.3) is 0 Å². The summed E-state index contributed by atoms with van der Waals surface area (Å²) >= 11 is 0.708. The number of nitrogens with two attached hydrogens (primary N) is 1. The lowest BCUT2D eigenvalue weighted by atomic mass is 10.1. The van der Waals surface area contributed by atoms with Gasteiger partial charge in [0, 0.05) is 38.4 Å². The predicted molar refractivity (Wildman–Crippen MR) is 94.6 cm³/mol. The molecule has 1 aliphatic heterocycles. The van der Waals surface area contributed by atoms with Crippen molar-refractivity contribution in [3.8, 4) is 0 Å². The highest BCUT2D eigenvalue weighted by atomic mass is 35.5. The van der Waals surface area contributed by atoms with Crippen LogP contribution in [-0.2, 0) is 24.8 Å². The Labute approximate surface area is 152 Å². The van der Waals surface area contributed by atoms with Crippen LogP contribution >= 0.6 is 23.7 Å². The van der Waals surface area contributed by atoms with Crippen molar-refractivity contribution in [3.63, 3.8) is 0 Å². The Morgan fingerprint density at radius 1 is 1.50 bits per heavy atom. The van der Waals surface area contributed by atoms with Gasteiger partial charge in [0.05, 0.1) is 0 Å². The zero-order valence-corrected chi connectivity index (χ0v) is 16.7. The van der Waals surface area contributed by atoms with Gasteiger partial charge >= 0.3 is 0 Å². The SMILES string of the molecule is CCNC1CN(CCCOC)S(=O)(=O)c2sc(S(N)(=O)=O)cc21.Cl. The minimum atomic E-state index is -3.94. The number of hydrogen-bond donors (Lipinski definition) is 2. The Morgan fingerprint density at radius 2 is 2.17 bits per heavy atom. The summed E-state index contributed by atoms with van der Waals surface area (Å²) in [7, 11) is -6.10. The molecule has 0 aliphatic carbocycles. The fourth-order valence-electron chi connectivity index (χ4n) is 2.49. The van der Waals surface area contributed by atoms with Gasteiger partial charge in [0.1, 0.15) is 8.42 Å². The second-order valence-corrected chi connectivity index (χ2v) is 10.1. The van der Waals surface area contributed by atoms with Crippen LogP contribution in [0.4, 0.5) is 0 Å². The standard InChI is InChI=1S/C12H21N3O5S3.ClH/c1-3-14-10-8-15(5-4-6-20-2)23(18,19)12-9(10)7-11(21-12)22(13,16)17;/h7,10,14H,3-6,8H2,1-2H3,(H2,13,16,17);1H. The first-order valence-electron chi connectivity index (χ1n) is 7.10. The number of sulfonamides is 2. The minimum Gasteiger partial charge on any atom is -0.385 e. The summed E-state index contributed by atoms with van der Waals surface area (Å²) in [5.41, 5.74) is 0.476. The van der Waals surface area contributed by atoms with Gasteiger partial charge < -0.3 is 10.1 Å². The van der Waals surface area contributed by atoms with Crippen LogP contribution < -0.4 is 10.5 Å². The van der Waals surface area contributed by atoms with E-state index in [0.717, 1.165) is 0 Å². The molecule has 2 heterocycles. The van der Waals surface area contributed by atoms with Crippen LogP contribution in [0.1, 0.15) is 24.9 Å². The van der Waals surface area contributed by atoms with Gasteiger partial charge in [-0.05, 0) is 19.0 Å². The maximum absolute atomic E-state index is 12.7. The van der Waals surface area contributed by atoms with E-state index in [2.05, 4.69) is 5.32 Å². The number of halogens is 1. The van der Waals surface area contributed by atoms with Crippen molar-refractivity contribution in [2.45, 2.75) is 27.8 Å². The maximum atomic E-state index is 12.7. The summed E-state index contributed by atoms with van der Waals surface area (Å²) in [6, 6.07) is 1.11. The Hall–Kier alpha value is -0.270. The molecular formula is C12H22ClN3O5S3. The van der Waals surface area contributed by atoms with E-state index in [0.29, 0.717) is 43.0 Å². The molecule has 0 spiro atoms. The molecule has 24 heavy (non-hydrogen) atoms. The average Bonchev–Trinajstić information content (AvgIpc) is 2.90. The summed E-state index contributed by atoms with van der Waals surface area (Å²) in [6.45, 7) is 3.58. The highest BCUT2D eigenvalue weighted by Gasteiger charge is 2.39. The van der Waals surface area contributed by atoms with Gasteiger partial charge in [-0.15, -0.1) is 23.7 Å². The Morgan fingerprint density at radius 3 is 2.71 bits per heavy atom. The van der Waals surface area contributed by atoms with Crippen LogP contribution in [0.2, 0.25) is 0 Å². The van der Waals surface area contributed by atoms with E-state index in [9.17, 15) is 16.8 Å². The van der Waals surface area contributed by atoms with Gasteiger partial charge in [0.2, 0.25) is 10.0 Å². The number of hydrogen-bond acceptors (Lipinski definition) is 7. The molecule has 0 radical (unpaired) electrons. The number of nitrogens with one attached hydrogen (secondary N) is 1. The Bertz CT molecular complexity index is 763. The third-order valence-electron chi connectivity index (χ3n) is 3.53. The molecule has 1 aliphatic rings. The van der Waals surface area contributed by atoms with Crippen LogP contribution in [0.15, 0.2) is 14.5 Å². The van der Waals surface area contributed by atoms with Crippen molar-refractivity contribution >= 4 is 43.8 Å². The van der Waals surface area contributed by atoms with Crippen LogP contribution in [0.5, 0.6) is 0 Å². The minimum absolute atomic E-state index is 0. The zero-order valence-electron chi connectivity index (χ0n) is 13.4. The molecule has 0 saturated heterocycles. The third-order valence-corrected chi connectivity index (χ3v) is 8.49. The van der Waals surface area contributed by atoms with E-state index >= 15 is 0 Å². The summed E-state index contributed by atoms with van der Waals surface area (Å²) in [4.78, 5) is 0. The topological polar surface area (TPSA) is 119 Å². The quantitative estimate of drug-likeness (QED) is 0.621. The second kappa shape index (κ2) is 8.41. The van der Waals surface area contributed by atoms with Crippen molar-refractivity contribution in [1.82, 2.24) is 9.62 Å². The monoisotopic (exact) mass is 419 g/mol. The number of thiophene rings is 1. The first-order chi connectivity index (χ1) is 10.7. The molecule has 0 aromatic carbocycles.